The van der Waals surface area contributed by atoms with Gasteiger partial charge in [0.2, 0.25) is 0 Å². The fraction of sp³-hybridized carbons (Fsp3) is 0.111. The Balaban J connectivity index is 1.41. The normalized spacial score (nSPS) is 11.2. The lowest BCUT2D eigenvalue weighted by atomic mass is 10.00. The first-order valence-corrected chi connectivity index (χ1v) is 10.3. The van der Waals surface area contributed by atoms with Crippen molar-refractivity contribution in [3.63, 3.8) is 0 Å². The monoisotopic (exact) mass is 389 g/mol. The maximum Gasteiger partial charge on any atom is 0.150 e. The summed E-state index contributed by atoms with van der Waals surface area (Å²) in [5.74, 6) is 0.492. The molecule has 3 heteroatoms. The van der Waals surface area contributed by atoms with Gasteiger partial charge in [-0.15, -0.1) is 0 Å². The van der Waals surface area contributed by atoms with Crippen molar-refractivity contribution in [2.24, 2.45) is 0 Å². The molecule has 5 aromatic rings. The smallest absolute Gasteiger partial charge is 0.150 e. The van der Waals surface area contributed by atoms with Crippen molar-refractivity contribution >= 4 is 27.6 Å². The Morgan fingerprint density at radius 2 is 1.47 bits per heavy atom. The van der Waals surface area contributed by atoms with Crippen molar-refractivity contribution < 1.29 is 0 Å². The quantitative estimate of drug-likeness (QED) is 0.376. The van der Waals surface area contributed by atoms with Crippen LogP contribution in [0.4, 0.5) is 5.82 Å². The number of pyridine rings is 2. The fourth-order valence-corrected chi connectivity index (χ4v) is 3.98. The van der Waals surface area contributed by atoms with Crippen LogP contribution < -0.4 is 5.73 Å². The van der Waals surface area contributed by atoms with Crippen molar-refractivity contribution in [1.82, 2.24) is 9.97 Å². The van der Waals surface area contributed by atoms with Gasteiger partial charge in [0.1, 0.15) is 5.52 Å². The van der Waals surface area contributed by atoms with Gasteiger partial charge in [0.25, 0.3) is 0 Å². The third kappa shape index (κ3) is 3.50. The van der Waals surface area contributed by atoms with Crippen LogP contribution in [0.5, 0.6) is 0 Å². The molecule has 146 valence electrons. The topological polar surface area (TPSA) is 51.8 Å². The number of anilines is 1. The minimum Gasteiger partial charge on any atom is -0.382 e. The van der Waals surface area contributed by atoms with E-state index < -0.39 is 0 Å². The average molecular weight is 390 g/mol. The van der Waals surface area contributed by atoms with Gasteiger partial charge in [-0.2, -0.15) is 0 Å². The Labute approximate surface area is 176 Å². The second-order valence-corrected chi connectivity index (χ2v) is 7.82. The highest BCUT2D eigenvalue weighted by Crippen LogP contribution is 2.28. The summed E-state index contributed by atoms with van der Waals surface area (Å²) in [6, 6.07) is 27.8. The third-order valence-electron chi connectivity index (χ3n) is 5.63. The lowest BCUT2D eigenvalue weighted by Crippen LogP contribution is -1.98. The van der Waals surface area contributed by atoms with E-state index >= 15 is 0 Å². The largest absolute Gasteiger partial charge is 0.382 e. The van der Waals surface area contributed by atoms with Gasteiger partial charge < -0.3 is 5.73 Å². The van der Waals surface area contributed by atoms with Crippen molar-refractivity contribution in [1.29, 1.82) is 0 Å². The maximum absolute atomic E-state index is 6.18. The zero-order chi connectivity index (χ0) is 20.5. The summed E-state index contributed by atoms with van der Waals surface area (Å²) in [6.07, 6.45) is 3.84. The van der Waals surface area contributed by atoms with Crippen molar-refractivity contribution in [3.8, 4) is 11.1 Å². The molecule has 5 rings (SSSR count). The predicted molar refractivity (Wildman–Crippen MR) is 125 cm³/mol. The van der Waals surface area contributed by atoms with Gasteiger partial charge in [-0.1, -0.05) is 66.7 Å². The average Bonchev–Trinajstić information content (AvgIpc) is 2.78. The van der Waals surface area contributed by atoms with Gasteiger partial charge in [0.05, 0.1) is 5.52 Å². The van der Waals surface area contributed by atoms with Crippen molar-refractivity contribution in [2.75, 3.05) is 5.73 Å². The number of fused-ring (bicyclic) bond motifs is 3. The first kappa shape index (κ1) is 18.3. The molecule has 0 amide bonds. The summed E-state index contributed by atoms with van der Waals surface area (Å²) < 4.78 is 0. The second kappa shape index (κ2) is 7.60. The van der Waals surface area contributed by atoms with Gasteiger partial charge in [-0.3, -0.25) is 4.98 Å². The van der Waals surface area contributed by atoms with Crippen LogP contribution in [0.3, 0.4) is 0 Å². The molecule has 2 heterocycles. The summed E-state index contributed by atoms with van der Waals surface area (Å²) in [4.78, 5) is 9.17. The highest BCUT2D eigenvalue weighted by molar-refractivity contribution is 6.08. The first-order chi connectivity index (χ1) is 14.7. The van der Waals surface area contributed by atoms with Crippen molar-refractivity contribution in [3.05, 3.63) is 102 Å². The standard InChI is InChI=1S/C27H23N3/c1-18-7-14-23-24-16-20(17-29-26(24)27(28)30-25(23)15-18)9-8-19-10-12-22(13-11-19)21-5-3-2-4-6-21/h2-7,10-17H,8-9H2,1H3,(H2,28,30). The number of benzene rings is 3. The predicted octanol–water partition coefficient (Wildman–Crippen LogP) is 6.13. The first-order valence-electron chi connectivity index (χ1n) is 10.3. The molecular formula is C27H23N3. The lowest BCUT2D eigenvalue weighted by Gasteiger charge is -2.09. The molecule has 0 unspecified atom stereocenters. The third-order valence-corrected chi connectivity index (χ3v) is 5.63. The number of aromatic nitrogens is 2. The van der Waals surface area contributed by atoms with Crippen LogP contribution in [0.25, 0.3) is 32.9 Å². The molecule has 0 saturated heterocycles. The Hall–Kier alpha value is -3.72. The van der Waals surface area contributed by atoms with Gasteiger partial charge in [0.15, 0.2) is 5.82 Å². The van der Waals surface area contributed by atoms with E-state index in [9.17, 15) is 0 Å². The number of hydrogen-bond acceptors (Lipinski definition) is 3. The molecule has 30 heavy (non-hydrogen) atoms. The van der Waals surface area contributed by atoms with E-state index in [0.717, 1.165) is 34.6 Å². The number of nitrogen functional groups attached to an aromatic ring is 1. The van der Waals surface area contributed by atoms with E-state index in [1.807, 2.05) is 12.3 Å². The zero-order valence-corrected chi connectivity index (χ0v) is 17.0. The molecule has 3 nitrogen and oxygen atoms in total. The number of hydrogen-bond donors (Lipinski definition) is 1. The summed E-state index contributed by atoms with van der Waals surface area (Å²) >= 11 is 0. The van der Waals surface area contributed by atoms with E-state index in [0.29, 0.717) is 5.82 Å². The summed E-state index contributed by atoms with van der Waals surface area (Å²) in [5.41, 5.74) is 14.1. The fourth-order valence-electron chi connectivity index (χ4n) is 3.98. The van der Waals surface area contributed by atoms with E-state index in [2.05, 4.69) is 89.7 Å². The minimum absolute atomic E-state index is 0.492. The highest BCUT2D eigenvalue weighted by Gasteiger charge is 2.09. The van der Waals surface area contributed by atoms with Gasteiger partial charge in [0, 0.05) is 17.0 Å². The molecule has 2 N–H and O–H groups in total. The highest BCUT2D eigenvalue weighted by atomic mass is 14.9. The molecule has 0 radical (unpaired) electrons. The van der Waals surface area contributed by atoms with Crippen LogP contribution in [0.1, 0.15) is 16.7 Å². The second-order valence-electron chi connectivity index (χ2n) is 7.82. The Bertz CT molecular complexity index is 1340. The lowest BCUT2D eigenvalue weighted by molar-refractivity contribution is 0.955. The number of nitrogens with two attached hydrogens (primary N) is 1. The molecule has 0 aliphatic rings. The SMILES string of the molecule is Cc1ccc2c(c1)nc(N)c1ncc(CCc3ccc(-c4ccccc4)cc3)cc12. The minimum atomic E-state index is 0.492. The zero-order valence-electron chi connectivity index (χ0n) is 17.0. The van der Waals surface area contributed by atoms with Crippen LogP contribution in [0.15, 0.2) is 85.1 Å². The molecule has 0 spiro atoms. The van der Waals surface area contributed by atoms with Crippen LogP contribution in [-0.4, -0.2) is 9.97 Å². The van der Waals surface area contributed by atoms with Crippen LogP contribution in [0.2, 0.25) is 0 Å². The van der Waals surface area contributed by atoms with E-state index in [4.69, 9.17) is 5.73 Å². The Kier molecular flexibility index (Phi) is 4.64. The molecule has 0 fully saturated rings. The molecular weight excluding hydrogens is 366 g/mol. The van der Waals surface area contributed by atoms with E-state index in [-0.39, 0.29) is 0 Å². The van der Waals surface area contributed by atoms with Gasteiger partial charge in [-0.05, 0) is 59.7 Å². The van der Waals surface area contributed by atoms with Crippen LogP contribution in [0, 0.1) is 6.92 Å². The molecule has 0 atom stereocenters. The number of nitrogens with zero attached hydrogens (tertiary/aromatic N) is 2. The summed E-state index contributed by atoms with van der Waals surface area (Å²) in [5, 5.41) is 2.18. The van der Waals surface area contributed by atoms with Crippen LogP contribution >= 0.6 is 0 Å². The molecule has 2 aromatic heterocycles. The maximum atomic E-state index is 6.18. The molecule has 3 aromatic carbocycles. The van der Waals surface area contributed by atoms with Gasteiger partial charge in [-0.25, -0.2) is 4.98 Å². The Morgan fingerprint density at radius 3 is 2.27 bits per heavy atom. The molecule has 0 saturated carbocycles. The van der Waals surface area contributed by atoms with Gasteiger partial charge >= 0.3 is 0 Å². The number of rotatable bonds is 4. The molecule has 0 bridgehead atoms. The Morgan fingerprint density at radius 1 is 0.733 bits per heavy atom. The molecule has 0 aliphatic carbocycles. The van der Waals surface area contributed by atoms with Crippen LogP contribution in [-0.2, 0) is 12.8 Å². The van der Waals surface area contributed by atoms with Crippen molar-refractivity contribution in [2.45, 2.75) is 19.8 Å². The summed E-state index contributed by atoms with van der Waals surface area (Å²) in [7, 11) is 0. The van der Waals surface area contributed by atoms with E-state index in [1.165, 1.54) is 27.8 Å². The molecule has 0 aliphatic heterocycles. The summed E-state index contributed by atoms with van der Waals surface area (Å²) in [6.45, 7) is 2.07. The van der Waals surface area contributed by atoms with E-state index in [1.54, 1.807) is 0 Å². The number of aryl methyl sites for hydroxylation is 3.